The van der Waals surface area contributed by atoms with Crippen molar-refractivity contribution in [2.45, 2.75) is 44.8 Å². The molecule has 1 amide bonds. The molecule has 0 N–H and O–H groups in total. The number of carbonyl (C=O) groups excluding carboxylic acids is 1. The van der Waals surface area contributed by atoms with Crippen LogP contribution >= 0.6 is 0 Å². The van der Waals surface area contributed by atoms with Gasteiger partial charge >= 0.3 is 0 Å². The van der Waals surface area contributed by atoms with E-state index in [1.807, 2.05) is 23.1 Å². The van der Waals surface area contributed by atoms with Crippen LogP contribution in [-0.2, 0) is 17.9 Å². The zero-order valence-electron chi connectivity index (χ0n) is 14.1. The largest absolute Gasteiger partial charge is 0.486 e. The third kappa shape index (κ3) is 3.60. The third-order valence-corrected chi connectivity index (χ3v) is 4.81. The Balaban J connectivity index is 1.52. The van der Waals surface area contributed by atoms with Crippen molar-refractivity contribution in [1.82, 2.24) is 19.7 Å². The van der Waals surface area contributed by atoms with Crippen molar-refractivity contribution in [1.29, 1.82) is 0 Å². The molecule has 7 heteroatoms. The molecule has 1 saturated carbocycles. The van der Waals surface area contributed by atoms with E-state index in [-0.39, 0.29) is 12.5 Å². The van der Waals surface area contributed by atoms with Crippen molar-refractivity contribution in [3.63, 3.8) is 0 Å². The number of hydrogen-bond acceptors (Lipinski definition) is 5. The molecule has 0 radical (unpaired) electrons. The van der Waals surface area contributed by atoms with Gasteiger partial charge in [-0.05, 0) is 30.5 Å². The Morgan fingerprint density at radius 2 is 2.00 bits per heavy atom. The number of hydrogen-bond donors (Lipinski definition) is 0. The van der Waals surface area contributed by atoms with Gasteiger partial charge in [0, 0.05) is 12.6 Å². The van der Waals surface area contributed by atoms with Gasteiger partial charge in [0.05, 0.1) is 0 Å². The quantitative estimate of drug-likeness (QED) is 0.831. The van der Waals surface area contributed by atoms with Gasteiger partial charge in [0.25, 0.3) is 0 Å². The smallest absolute Gasteiger partial charge is 0.244 e. The summed E-state index contributed by atoms with van der Waals surface area (Å²) in [5.74, 6) is 1.61. The first-order valence-electron chi connectivity index (χ1n) is 8.80. The monoisotopic (exact) mass is 342 g/mol. The average Bonchev–Trinajstić information content (AvgIpc) is 3.33. The number of aromatic nitrogens is 3. The fourth-order valence-electron chi connectivity index (χ4n) is 3.56. The molecule has 1 aromatic carbocycles. The summed E-state index contributed by atoms with van der Waals surface area (Å²) in [6.07, 6.45) is 7.52. The van der Waals surface area contributed by atoms with Gasteiger partial charge in [0.2, 0.25) is 5.91 Å². The normalized spacial score (nSPS) is 16.8. The van der Waals surface area contributed by atoms with Crippen LogP contribution in [0.1, 0.15) is 31.2 Å². The van der Waals surface area contributed by atoms with E-state index in [0.29, 0.717) is 25.8 Å². The Labute approximate surface area is 146 Å². The van der Waals surface area contributed by atoms with Crippen LogP contribution in [0.15, 0.2) is 30.9 Å². The minimum Gasteiger partial charge on any atom is -0.486 e. The van der Waals surface area contributed by atoms with E-state index < -0.39 is 0 Å². The van der Waals surface area contributed by atoms with Gasteiger partial charge < -0.3 is 14.4 Å². The van der Waals surface area contributed by atoms with Crippen LogP contribution in [0.25, 0.3) is 0 Å². The van der Waals surface area contributed by atoms with E-state index in [1.165, 1.54) is 19.2 Å². The lowest BCUT2D eigenvalue weighted by Gasteiger charge is -2.29. The summed E-state index contributed by atoms with van der Waals surface area (Å²) in [5, 5.41) is 4.05. The van der Waals surface area contributed by atoms with Crippen molar-refractivity contribution in [2.24, 2.45) is 0 Å². The van der Waals surface area contributed by atoms with Gasteiger partial charge in [0.15, 0.2) is 11.5 Å². The molecule has 1 fully saturated rings. The highest BCUT2D eigenvalue weighted by Crippen LogP contribution is 2.32. The molecule has 7 nitrogen and oxygen atoms in total. The van der Waals surface area contributed by atoms with Gasteiger partial charge in [0.1, 0.15) is 32.4 Å². The van der Waals surface area contributed by atoms with Crippen LogP contribution in [0.5, 0.6) is 11.5 Å². The first-order chi connectivity index (χ1) is 12.3. The Morgan fingerprint density at radius 3 is 2.76 bits per heavy atom. The molecular formula is C18H22N4O3. The summed E-state index contributed by atoms with van der Waals surface area (Å²) in [5.41, 5.74) is 1.06. The van der Waals surface area contributed by atoms with Crippen molar-refractivity contribution in [2.75, 3.05) is 13.2 Å². The Hall–Kier alpha value is -2.57. The summed E-state index contributed by atoms with van der Waals surface area (Å²) in [7, 11) is 0. The Kier molecular flexibility index (Phi) is 4.54. The van der Waals surface area contributed by atoms with Gasteiger partial charge in [-0.15, -0.1) is 0 Å². The second-order valence-corrected chi connectivity index (χ2v) is 6.53. The molecule has 1 aromatic heterocycles. The van der Waals surface area contributed by atoms with Crippen LogP contribution in [-0.4, -0.2) is 44.8 Å². The molecule has 0 spiro atoms. The van der Waals surface area contributed by atoms with Gasteiger partial charge in [-0.3, -0.25) is 4.79 Å². The highest BCUT2D eigenvalue weighted by molar-refractivity contribution is 5.76. The first-order valence-corrected chi connectivity index (χ1v) is 8.80. The summed E-state index contributed by atoms with van der Waals surface area (Å²) in [4.78, 5) is 18.8. The molecule has 0 atom stereocenters. The number of ether oxygens (including phenoxy) is 2. The maximum absolute atomic E-state index is 12.9. The minimum absolute atomic E-state index is 0.0762. The second kappa shape index (κ2) is 7.13. The SMILES string of the molecule is O=C(Cn1cncn1)N(Cc1ccc2c(c1)OCCO2)C1CCCC1. The predicted octanol–water partition coefficient (Wildman–Crippen LogP) is 2.02. The lowest BCUT2D eigenvalue weighted by Crippen LogP contribution is -2.40. The highest BCUT2D eigenvalue weighted by Gasteiger charge is 2.27. The molecular weight excluding hydrogens is 320 g/mol. The van der Waals surface area contributed by atoms with Crippen molar-refractivity contribution < 1.29 is 14.3 Å². The number of nitrogens with zero attached hydrogens (tertiary/aromatic N) is 4. The summed E-state index contributed by atoms with van der Waals surface area (Å²) in [6, 6.07) is 6.22. The molecule has 1 aliphatic carbocycles. The van der Waals surface area contributed by atoms with Crippen LogP contribution < -0.4 is 9.47 Å². The Bertz CT molecular complexity index is 726. The third-order valence-electron chi connectivity index (χ3n) is 4.81. The standard InChI is InChI=1S/C18H22N4O3/c23-18(11-21-13-19-12-20-21)22(15-3-1-2-4-15)10-14-5-6-16-17(9-14)25-8-7-24-16/h5-6,9,12-13,15H,1-4,7-8,10-11H2. The number of benzene rings is 1. The highest BCUT2D eigenvalue weighted by atomic mass is 16.6. The maximum atomic E-state index is 12.9. The fourth-order valence-corrected chi connectivity index (χ4v) is 3.56. The lowest BCUT2D eigenvalue weighted by molar-refractivity contribution is -0.135. The summed E-state index contributed by atoms with van der Waals surface area (Å²) >= 11 is 0. The molecule has 0 bridgehead atoms. The molecule has 2 aliphatic rings. The van der Waals surface area contributed by atoms with Crippen LogP contribution in [0, 0.1) is 0 Å². The van der Waals surface area contributed by atoms with Crippen LogP contribution in [0.2, 0.25) is 0 Å². The van der Waals surface area contributed by atoms with E-state index in [4.69, 9.17) is 9.47 Å². The lowest BCUT2D eigenvalue weighted by atomic mass is 10.1. The maximum Gasteiger partial charge on any atom is 0.244 e. The first kappa shape index (κ1) is 15.9. The Morgan fingerprint density at radius 1 is 1.20 bits per heavy atom. The number of amides is 1. The molecule has 0 unspecified atom stereocenters. The molecule has 2 heterocycles. The zero-order chi connectivity index (χ0) is 17.1. The van der Waals surface area contributed by atoms with Crippen molar-refractivity contribution in [3.8, 4) is 11.5 Å². The van der Waals surface area contributed by atoms with Crippen molar-refractivity contribution >= 4 is 5.91 Å². The second-order valence-electron chi connectivity index (χ2n) is 6.53. The van der Waals surface area contributed by atoms with E-state index >= 15 is 0 Å². The van der Waals surface area contributed by atoms with E-state index in [9.17, 15) is 4.79 Å². The minimum atomic E-state index is 0.0762. The van der Waals surface area contributed by atoms with E-state index in [1.54, 1.807) is 11.0 Å². The van der Waals surface area contributed by atoms with Gasteiger partial charge in [-0.25, -0.2) is 9.67 Å². The van der Waals surface area contributed by atoms with Crippen molar-refractivity contribution in [3.05, 3.63) is 36.4 Å². The number of carbonyl (C=O) groups is 1. The summed E-state index contributed by atoms with van der Waals surface area (Å²) < 4.78 is 12.8. The van der Waals surface area contributed by atoms with E-state index in [2.05, 4.69) is 10.1 Å². The van der Waals surface area contributed by atoms with Gasteiger partial charge in [-0.1, -0.05) is 18.9 Å². The topological polar surface area (TPSA) is 69.5 Å². The molecule has 25 heavy (non-hydrogen) atoms. The average molecular weight is 342 g/mol. The molecule has 2 aromatic rings. The molecule has 1 aliphatic heterocycles. The number of rotatable bonds is 5. The zero-order valence-corrected chi connectivity index (χ0v) is 14.1. The number of fused-ring (bicyclic) bond motifs is 1. The van der Waals surface area contributed by atoms with Gasteiger partial charge in [-0.2, -0.15) is 5.10 Å². The van der Waals surface area contributed by atoms with Crippen LogP contribution in [0.4, 0.5) is 0 Å². The van der Waals surface area contributed by atoms with Crippen LogP contribution in [0.3, 0.4) is 0 Å². The van der Waals surface area contributed by atoms with E-state index in [0.717, 1.165) is 29.9 Å². The predicted molar refractivity (Wildman–Crippen MR) is 90.3 cm³/mol. The molecule has 132 valence electrons. The fraction of sp³-hybridized carbons (Fsp3) is 0.500. The molecule has 0 saturated heterocycles. The molecule has 4 rings (SSSR count). The summed E-state index contributed by atoms with van der Waals surface area (Å²) in [6.45, 7) is 1.95.